The molecule has 0 aliphatic carbocycles. The molecular formula is C10H15NO3S. The predicted octanol–water partition coefficient (Wildman–Crippen LogP) is 2.27. The molecule has 1 atom stereocenters. The van der Waals surface area contributed by atoms with Crippen LogP contribution in [0, 0.1) is 5.92 Å². The summed E-state index contributed by atoms with van der Waals surface area (Å²) in [5.41, 5.74) is 0.347. The molecule has 0 spiro atoms. The van der Waals surface area contributed by atoms with Crippen LogP contribution < -0.4 is 0 Å². The van der Waals surface area contributed by atoms with E-state index >= 15 is 0 Å². The minimum atomic E-state index is -0.406. The third kappa shape index (κ3) is 2.76. The van der Waals surface area contributed by atoms with Crippen LogP contribution >= 0.6 is 11.3 Å². The summed E-state index contributed by atoms with van der Waals surface area (Å²) in [5.74, 6) is -0.0808. The summed E-state index contributed by atoms with van der Waals surface area (Å²) in [5, 5.41) is 2.50. The van der Waals surface area contributed by atoms with Gasteiger partial charge in [-0.25, -0.2) is 9.78 Å². The van der Waals surface area contributed by atoms with Crippen molar-refractivity contribution in [3.05, 3.63) is 16.1 Å². The lowest BCUT2D eigenvalue weighted by molar-refractivity contribution is 0.0580. The Morgan fingerprint density at radius 3 is 2.60 bits per heavy atom. The van der Waals surface area contributed by atoms with Crippen molar-refractivity contribution >= 4 is 17.3 Å². The molecule has 1 unspecified atom stereocenters. The highest BCUT2D eigenvalue weighted by Gasteiger charge is 2.20. The van der Waals surface area contributed by atoms with Gasteiger partial charge in [0.2, 0.25) is 0 Å². The zero-order valence-corrected chi connectivity index (χ0v) is 10.1. The number of carbonyl (C=O) groups is 1. The van der Waals surface area contributed by atoms with Gasteiger partial charge in [-0.2, -0.15) is 0 Å². The molecular weight excluding hydrogens is 214 g/mol. The minimum Gasteiger partial charge on any atom is -0.464 e. The average Bonchev–Trinajstić information content (AvgIpc) is 2.66. The number of ether oxygens (including phenoxy) is 2. The van der Waals surface area contributed by atoms with Crippen LogP contribution in [0.5, 0.6) is 0 Å². The first-order valence-electron chi connectivity index (χ1n) is 4.66. The zero-order valence-electron chi connectivity index (χ0n) is 9.31. The van der Waals surface area contributed by atoms with Gasteiger partial charge >= 0.3 is 5.97 Å². The van der Waals surface area contributed by atoms with Gasteiger partial charge in [0.1, 0.15) is 11.1 Å². The Hall–Kier alpha value is -0.940. The van der Waals surface area contributed by atoms with Gasteiger partial charge in [0.15, 0.2) is 5.69 Å². The Morgan fingerprint density at radius 2 is 2.13 bits per heavy atom. The highest BCUT2D eigenvalue weighted by Crippen LogP contribution is 2.27. The zero-order chi connectivity index (χ0) is 11.4. The molecule has 0 aliphatic rings. The number of rotatable bonds is 4. The molecule has 0 radical (unpaired) electrons. The third-order valence-electron chi connectivity index (χ3n) is 2.02. The fraction of sp³-hybridized carbons (Fsp3) is 0.600. The number of aromatic nitrogens is 1. The number of esters is 1. The molecule has 0 aromatic carbocycles. The van der Waals surface area contributed by atoms with E-state index in [1.165, 1.54) is 18.4 Å². The van der Waals surface area contributed by atoms with E-state index in [4.69, 9.17) is 4.74 Å². The monoisotopic (exact) mass is 229 g/mol. The van der Waals surface area contributed by atoms with Gasteiger partial charge in [-0.15, -0.1) is 11.3 Å². The van der Waals surface area contributed by atoms with Crippen molar-refractivity contribution in [3.63, 3.8) is 0 Å². The van der Waals surface area contributed by atoms with Crippen LogP contribution in [-0.4, -0.2) is 25.2 Å². The van der Waals surface area contributed by atoms with Gasteiger partial charge in [-0.3, -0.25) is 0 Å². The molecule has 0 saturated carbocycles. The summed E-state index contributed by atoms with van der Waals surface area (Å²) in [7, 11) is 2.99. The number of thiazole rings is 1. The summed E-state index contributed by atoms with van der Waals surface area (Å²) in [6.07, 6.45) is -0.0617. The van der Waals surface area contributed by atoms with E-state index in [1.54, 1.807) is 12.5 Å². The van der Waals surface area contributed by atoms with Crippen LogP contribution in [0.1, 0.15) is 35.4 Å². The molecule has 0 N–H and O–H groups in total. The Bertz CT molecular complexity index is 335. The van der Waals surface area contributed by atoms with Gasteiger partial charge in [0.05, 0.1) is 7.11 Å². The van der Waals surface area contributed by atoms with E-state index < -0.39 is 5.97 Å². The normalized spacial score (nSPS) is 12.9. The quantitative estimate of drug-likeness (QED) is 0.743. The molecule has 0 amide bonds. The summed E-state index contributed by atoms with van der Waals surface area (Å²) in [6.45, 7) is 4.10. The van der Waals surface area contributed by atoms with Crippen molar-refractivity contribution in [2.75, 3.05) is 14.2 Å². The van der Waals surface area contributed by atoms with Crippen molar-refractivity contribution in [2.45, 2.75) is 20.0 Å². The van der Waals surface area contributed by atoms with E-state index in [-0.39, 0.29) is 6.10 Å². The van der Waals surface area contributed by atoms with Gasteiger partial charge in [-0.05, 0) is 5.92 Å². The Morgan fingerprint density at radius 1 is 1.47 bits per heavy atom. The van der Waals surface area contributed by atoms with E-state index in [1.807, 2.05) is 13.8 Å². The van der Waals surface area contributed by atoms with Crippen LogP contribution in [0.25, 0.3) is 0 Å². The summed E-state index contributed by atoms with van der Waals surface area (Å²) >= 11 is 1.42. The highest BCUT2D eigenvalue weighted by molar-refractivity contribution is 7.09. The first-order valence-corrected chi connectivity index (χ1v) is 5.54. The first kappa shape index (κ1) is 12.1. The third-order valence-corrected chi connectivity index (χ3v) is 2.93. The molecule has 0 aliphatic heterocycles. The lowest BCUT2D eigenvalue weighted by Crippen LogP contribution is -2.09. The maximum atomic E-state index is 11.2. The van der Waals surface area contributed by atoms with Gasteiger partial charge in [0, 0.05) is 12.5 Å². The molecule has 1 rings (SSSR count). The SMILES string of the molecule is COC(=O)c1csc(C(OC)C(C)C)n1. The Balaban J connectivity index is 2.87. The van der Waals surface area contributed by atoms with Crippen LogP contribution in [0.2, 0.25) is 0 Å². The van der Waals surface area contributed by atoms with Gasteiger partial charge in [-0.1, -0.05) is 13.8 Å². The fourth-order valence-electron chi connectivity index (χ4n) is 1.27. The van der Waals surface area contributed by atoms with Crippen molar-refractivity contribution in [1.82, 2.24) is 4.98 Å². The van der Waals surface area contributed by atoms with Crippen molar-refractivity contribution in [1.29, 1.82) is 0 Å². The van der Waals surface area contributed by atoms with Crippen LogP contribution in [0.15, 0.2) is 5.38 Å². The van der Waals surface area contributed by atoms with Crippen molar-refractivity contribution < 1.29 is 14.3 Å². The second-order valence-electron chi connectivity index (χ2n) is 3.46. The second kappa shape index (κ2) is 5.23. The van der Waals surface area contributed by atoms with E-state index in [9.17, 15) is 4.79 Å². The summed E-state index contributed by atoms with van der Waals surface area (Å²) < 4.78 is 9.91. The van der Waals surface area contributed by atoms with Crippen LogP contribution in [-0.2, 0) is 9.47 Å². The summed E-state index contributed by atoms with van der Waals surface area (Å²) in [6, 6.07) is 0. The molecule has 4 nitrogen and oxygen atoms in total. The van der Waals surface area contributed by atoms with Gasteiger partial charge < -0.3 is 9.47 Å². The molecule has 0 fully saturated rings. The largest absolute Gasteiger partial charge is 0.464 e. The molecule has 15 heavy (non-hydrogen) atoms. The number of carbonyl (C=O) groups excluding carboxylic acids is 1. The minimum absolute atomic E-state index is 0.0617. The number of nitrogens with zero attached hydrogens (tertiary/aromatic N) is 1. The van der Waals surface area contributed by atoms with Gasteiger partial charge in [0.25, 0.3) is 0 Å². The predicted molar refractivity (Wildman–Crippen MR) is 58.0 cm³/mol. The maximum Gasteiger partial charge on any atom is 0.357 e. The summed E-state index contributed by atoms with van der Waals surface area (Å²) in [4.78, 5) is 15.4. The highest BCUT2D eigenvalue weighted by atomic mass is 32.1. The number of hydrogen-bond acceptors (Lipinski definition) is 5. The van der Waals surface area contributed by atoms with E-state index in [0.29, 0.717) is 11.6 Å². The molecule has 0 saturated heterocycles. The average molecular weight is 229 g/mol. The number of methoxy groups -OCH3 is 2. The van der Waals surface area contributed by atoms with E-state index in [2.05, 4.69) is 9.72 Å². The lowest BCUT2D eigenvalue weighted by atomic mass is 10.1. The first-order chi connectivity index (χ1) is 7.10. The van der Waals surface area contributed by atoms with Crippen LogP contribution in [0.4, 0.5) is 0 Å². The second-order valence-corrected chi connectivity index (χ2v) is 4.35. The molecule has 1 heterocycles. The molecule has 1 aromatic rings. The Kier molecular flexibility index (Phi) is 4.23. The fourth-order valence-corrected chi connectivity index (χ4v) is 2.31. The lowest BCUT2D eigenvalue weighted by Gasteiger charge is -2.15. The molecule has 84 valence electrons. The van der Waals surface area contributed by atoms with Crippen molar-refractivity contribution in [3.8, 4) is 0 Å². The standard InChI is InChI=1S/C10H15NO3S/c1-6(2)8(13-3)9-11-7(5-15-9)10(12)14-4/h5-6,8H,1-4H3. The molecule has 0 bridgehead atoms. The number of hydrogen-bond donors (Lipinski definition) is 0. The Labute approximate surface area is 93.2 Å². The van der Waals surface area contributed by atoms with Crippen LogP contribution in [0.3, 0.4) is 0 Å². The maximum absolute atomic E-state index is 11.2. The van der Waals surface area contributed by atoms with Crippen molar-refractivity contribution in [2.24, 2.45) is 5.92 Å². The topological polar surface area (TPSA) is 48.4 Å². The molecule has 5 heteroatoms. The van der Waals surface area contributed by atoms with E-state index in [0.717, 1.165) is 5.01 Å². The smallest absolute Gasteiger partial charge is 0.357 e. The molecule has 1 aromatic heterocycles.